The molecule has 0 aliphatic rings. The van der Waals surface area contributed by atoms with Gasteiger partial charge in [0.1, 0.15) is 28.2 Å². The number of amidine groups is 1. The van der Waals surface area contributed by atoms with E-state index in [9.17, 15) is 9.18 Å². The third-order valence-corrected chi connectivity index (χ3v) is 6.00. The number of nitrogens with zero attached hydrogens (tertiary/aromatic N) is 1. The minimum Gasteiger partial charge on any atom is -0.482 e. The van der Waals surface area contributed by atoms with E-state index in [0.29, 0.717) is 5.56 Å². The molecule has 2 aromatic carbocycles. The number of carbonyl (C=O) groups excluding carboxylic acids is 1. The van der Waals surface area contributed by atoms with Crippen LogP contribution in [0.2, 0.25) is 25.1 Å². The second-order valence-electron chi connectivity index (χ2n) is 5.82. The van der Waals surface area contributed by atoms with E-state index in [-0.39, 0.29) is 54.8 Å². The molecule has 31 heavy (non-hydrogen) atoms. The van der Waals surface area contributed by atoms with Crippen molar-refractivity contribution in [2.45, 2.75) is 6.61 Å². The molecule has 0 atom stereocenters. The van der Waals surface area contributed by atoms with E-state index >= 15 is 0 Å². The van der Waals surface area contributed by atoms with Crippen molar-refractivity contribution in [3.8, 4) is 5.75 Å². The van der Waals surface area contributed by atoms with Gasteiger partial charge in [-0.25, -0.2) is 9.18 Å². The Bertz CT molecular complexity index is 1140. The zero-order valence-electron chi connectivity index (χ0n) is 15.1. The third-order valence-electron chi connectivity index (χ3n) is 3.76. The van der Waals surface area contributed by atoms with E-state index in [1.807, 2.05) is 0 Å². The summed E-state index contributed by atoms with van der Waals surface area (Å²) >= 11 is 30.1. The van der Waals surface area contributed by atoms with E-state index in [0.717, 1.165) is 0 Å². The number of carbonyl (C=O) groups is 1. The molecule has 0 spiro atoms. The minimum absolute atomic E-state index is 0.0000637. The van der Waals surface area contributed by atoms with Crippen LogP contribution in [-0.2, 0) is 11.4 Å². The van der Waals surface area contributed by atoms with Gasteiger partial charge in [0.25, 0.3) is 0 Å². The monoisotopic (exact) mass is 524 g/mol. The van der Waals surface area contributed by atoms with Gasteiger partial charge in [0, 0.05) is 5.56 Å². The van der Waals surface area contributed by atoms with Gasteiger partial charge >= 0.3 is 5.97 Å². The van der Waals surface area contributed by atoms with Gasteiger partial charge in [-0.2, -0.15) is 0 Å². The lowest BCUT2D eigenvalue weighted by Crippen LogP contribution is -2.15. The first-order chi connectivity index (χ1) is 14.7. The first kappa shape index (κ1) is 23.5. The summed E-state index contributed by atoms with van der Waals surface area (Å²) in [4.78, 5) is 16.8. The van der Waals surface area contributed by atoms with Gasteiger partial charge in [0.15, 0.2) is 11.6 Å². The smallest absolute Gasteiger partial charge is 0.400 e. The molecule has 0 amide bonds. The number of hydrogen-bond donors (Lipinski definition) is 1. The van der Waals surface area contributed by atoms with Crippen LogP contribution in [0.4, 0.5) is 4.39 Å². The lowest BCUT2D eigenvalue weighted by molar-refractivity contribution is 0.0475. The van der Waals surface area contributed by atoms with Crippen LogP contribution in [0.25, 0.3) is 0 Å². The van der Waals surface area contributed by atoms with Gasteiger partial charge < -0.3 is 19.7 Å². The van der Waals surface area contributed by atoms with Gasteiger partial charge in [-0.1, -0.05) is 63.2 Å². The Hall–Kier alpha value is -2.16. The fourth-order valence-corrected chi connectivity index (χ4v) is 3.46. The van der Waals surface area contributed by atoms with Crippen LogP contribution in [0.1, 0.15) is 21.9 Å². The van der Waals surface area contributed by atoms with Gasteiger partial charge in [0.2, 0.25) is 5.76 Å². The number of benzene rings is 2. The van der Waals surface area contributed by atoms with Crippen LogP contribution in [0.3, 0.4) is 0 Å². The Morgan fingerprint density at radius 3 is 2.13 bits per heavy atom. The summed E-state index contributed by atoms with van der Waals surface area (Å²) in [5, 5.41) is 3.40. The number of hydrogen-bond acceptors (Lipinski definition) is 5. The minimum atomic E-state index is -0.912. The average Bonchev–Trinajstić information content (AvgIpc) is 3.24. The molecule has 0 radical (unpaired) electrons. The molecule has 3 rings (SSSR count). The molecule has 0 aliphatic heterocycles. The Morgan fingerprint density at radius 1 is 0.935 bits per heavy atom. The molecule has 1 aromatic heterocycles. The SMILES string of the molecule is N/C(=N\OC(=O)c1ccc(COc2c(Cl)c(Cl)c(Cl)c(Cl)c2Cl)o1)c1ccc(F)cc1. The summed E-state index contributed by atoms with van der Waals surface area (Å²) in [6, 6.07) is 7.96. The maximum Gasteiger partial charge on any atom is 0.400 e. The summed E-state index contributed by atoms with van der Waals surface area (Å²) in [6.07, 6.45) is 0. The molecule has 0 aliphatic carbocycles. The number of nitrogens with two attached hydrogens (primary N) is 1. The van der Waals surface area contributed by atoms with Crippen molar-refractivity contribution in [3.63, 3.8) is 0 Å². The van der Waals surface area contributed by atoms with Crippen LogP contribution < -0.4 is 10.5 Å². The van der Waals surface area contributed by atoms with Gasteiger partial charge in [0.05, 0.1) is 15.1 Å². The van der Waals surface area contributed by atoms with Crippen molar-refractivity contribution < 1.29 is 23.2 Å². The van der Waals surface area contributed by atoms with Crippen LogP contribution in [0, 0.1) is 5.82 Å². The van der Waals surface area contributed by atoms with Crippen molar-refractivity contribution in [2.75, 3.05) is 0 Å². The standard InChI is InChI=1S/C19H10Cl5FN2O4/c20-12-13(21)15(23)17(16(24)14(12)22)29-7-10-5-6-11(30-10)19(28)31-27-18(26)8-1-3-9(25)4-2-8/h1-6H,7H2,(H2,26,27). The quantitative estimate of drug-likeness (QED) is 0.0960. The number of ether oxygens (including phenoxy) is 1. The van der Waals surface area contributed by atoms with Crippen molar-refractivity contribution in [2.24, 2.45) is 10.9 Å². The van der Waals surface area contributed by atoms with Gasteiger partial charge in [-0.15, -0.1) is 0 Å². The predicted octanol–water partition coefficient (Wildman–Crippen LogP) is 6.74. The third kappa shape index (κ3) is 5.37. The largest absolute Gasteiger partial charge is 0.482 e. The summed E-state index contributed by atoms with van der Waals surface area (Å²) in [5.41, 5.74) is 6.07. The van der Waals surface area contributed by atoms with Crippen molar-refractivity contribution in [1.82, 2.24) is 0 Å². The maximum atomic E-state index is 12.9. The van der Waals surface area contributed by atoms with Gasteiger partial charge in [-0.05, 0) is 36.4 Å². The highest BCUT2D eigenvalue weighted by molar-refractivity contribution is 6.55. The molecular weight excluding hydrogens is 516 g/mol. The zero-order valence-corrected chi connectivity index (χ0v) is 18.9. The van der Waals surface area contributed by atoms with Crippen LogP contribution in [0.5, 0.6) is 5.75 Å². The second-order valence-corrected chi connectivity index (χ2v) is 7.71. The normalized spacial score (nSPS) is 11.5. The number of rotatable bonds is 6. The van der Waals surface area contributed by atoms with Gasteiger partial charge in [-0.3, -0.25) is 0 Å². The lowest BCUT2D eigenvalue weighted by Gasteiger charge is -2.12. The molecule has 3 aromatic rings. The first-order valence-corrected chi connectivity index (χ1v) is 10.1. The highest BCUT2D eigenvalue weighted by Gasteiger charge is 2.21. The highest BCUT2D eigenvalue weighted by Crippen LogP contribution is 2.48. The fourth-order valence-electron chi connectivity index (χ4n) is 2.23. The van der Waals surface area contributed by atoms with Crippen molar-refractivity contribution in [1.29, 1.82) is 0 Å². The second kappa shape index (κ2) is 9.97. The Morgan fingerprint density at radius 2 is 1.52 bits per heavy atom. The van der Waals surface area contributed by atoms with Crippen molar-refractivity contribution >= 4 is 69.8 Å². The predicted molar refractivity (Wildman–Crippen MR) is 117 cm³/mol. The molecule has 0 unspecified atom stereocenters. The Kier molecular flexibility index (Phi) is 7.56. The fraction of sp³-hybridized carbons (Fsp3) is 0.0526. The van der Waals surface area contributed by atoms with E-state index in [1.54, 1.807) is 0 Å². The molecule has 0 fully saturated rings. The molecule has 6 nitrogen and oxygen atoms in total. The van der Waals surface area contributed by atoms with Crippen molar-refractivity contribution in [3.05, 3.63) is 84.4 Å². The number of halogens is 6. The average molecular weight is 527 g/mol. The summed E-state index contributed by atoms with van der Waals surface area (Å²) in [5.74, 6) is -1.41. The molecule has 12 heteroatoms. The summed E-state index contributed by atoms with van der Waals surface area (Å²) in [6.45, 7) is -0.165. The summed E-state index contributed by atoms with van der Waals surface area (Å²) < 4.78 is 23.8. The number of furan rings is 1. The van der Waals surface area contributed by atoms with E-state index in [1.165, 1.54) is 36.4 Å². The van der Waals surface area contributed by atoms with Crippen LogP contribution in [0.15, 0.2) is 46.0 Å². The van der Waals surface area contributed by atoms with Crippen LogP contribution >= 0.6 is 58.0 Å². The zero-order chi connectivity index (χ0) is 22.7. The molecule has 0 bridgehead atoms. The molecule has 162 valence electrons. The topological polar surface area (TPSA) is 87.1 Å². The molecule has 0 saturated carbocycles. The summed E-state index contributed by atoms with van der Waals surface area (Å²) in [7, 11) is 0. The van der Waals surface area contributed by atoms with E-state index < -0.39 is 11.8 Å². The van der Waals surface area contributed by atoms with Crippen LogP contribution in [-0.4, -0.2) is 11.8 Å². The first-order valence-electron chi connectivity index (χ1n) is 8.22. The highest BCUT2D eigenvalue weighted by atomic mass is 35.5. The molecule has 1 heterocycles. The maximum absolute atomic E-state index is 12.9. The molecule has 0 saturated heterocycles. The number of oxime groups is 1. The Balaban J connectivity index is 1.66. The Labute approximate surface area is 200 Å². The molecule has 2 N–H and O–H groups in total. The van der Waals surface area contributed by atoms with E-state index in [4.69, 9.17) is 77.7 Å². The lowest BCUT2D eigenvalue weighted by atomic mass is 10.2. The van der Waals surface area contributed by atoms with E-state index in [2.05, 4.69) is 5.16 Å². The molecular formula is C19H10Cl5FN2O4.